The molecule has 0 bridgehead atoms. The fourth-order valence-corrected chi connectivity index (χ4v) is 1.26. The summed E-state index contributed by atoms with van der Waals surface area (Å²) in [4.78, 5) is 4.44. The topological polar surface area (TPSA) is 15.7 Å². The first-order valence-corrected chi connectivity index (χ1v) is 5.41. The van der Waals surface area contributed by atoms with Gasteiger partial charge >= 0.3 is 0 Å². The largest absolute Gasteiger partial charge is 0.395 e. The van der Waals surface area contributed by atoms with Crippen LogP contribution in [0.2, 0.25) is 0 Å². The predicted octanol–water partition coefficient (Wildman–Crippen LogP) is 1.80. The molecule has 0 rings (SSSR count). The van der Waals surface area contributed by atoms with Crippen LogP contribution in [0.25, 0.3) is 0 Å². The van der Waals surface area contributed by atoms with E-state index in [9.17, 15) is 0 Å². The molecule has 0 aromatic rings. The maximum atomic E-state index is 5.52. The van der Waals surface area contributed by atoms with Crippen LogP contribution in [0.1, 0.15) is 26.7 Å². The number of rotatable bonds is 8. The van der Waals surface area contributed by atoms with Gasteiger partial charge in [0.2, 0.25) is 0 Å². The molecule has 0 heterocycles. The van der Waals surface area contributed by atoms with Gasteiger partial charge in [0.05, 0.1) is 13.4 Å². The van der Waals surface area contributed by atoms with Crippen LogP contribution in [0.5, 0.6) is 0 Å². The molecule has 0 spiro atoms. The molecular weight excluding hydrogens is 265 g/mol. The molecule has 0 aromatic heterocycles. The summed E-state index contributed by atoms with van der Waals surface area (Å²) < 4.78 is 5.52. The van der Waals surface area contributed by atoms with Gasteiger partial charge in [0.1, 0.15) is 0 Å². The van der Waals surface area contributed by atoms with E-state index in [0.29, 0.717) is 6.73 Å². The molecule has 89 valence electrons. The first-order chi connectivity index (χ1) is 6.60. The molecule has 0 saturated heterocycles. The zero-order valence-corrected chi connectivity index (χ0v) is 13.5. The smallest absolute Gasteiger partial charge is 0.0965 e. The molecule has 1 unspecified atom stereocenters. The van der Waals surface area contributed by atoms with Gasteiger partial charge in [-0.15, -0.1) is 0 Å². The molecule has 0 N–H and O–H groups in total. The van der Waals surface area contributed by atoms with Crippen molar-refractivity contribution < 1.29 is 37.4 Å². The normalized spacial score (nSPS) is 13.0. The van der Waals surface area contributed by atoms with Crippen molar-refractivity contribution in [3.8, 4) is 0 Å². The van der Waals surface area contributed by atoms with Crippen LogP contribution in [0.15, 0.2) is 0 Å². The third kappa shape index (κ3) is 11.3. The summed E-state index contributed by atoms with van der Waals surface area (Å²) in [7, 11) is 4.19. The Kier molecular flexibility index (Phi) is 14.0. The Morgan fingerprint density at radius 1 is 1.20 bits per heavy atom. The number of hydrogen-bond acceptors (Lipinski definition) is 3. The van der Waals surface area contributed by atoms with Crippen LogP contribution in [0.4, 0.5) is 0 Å². The quantitative estimate of drug-likeness (QED) is 0.501. The van der Waals surface area contributed by atoms with Crippen molar-refractivity contribution in [2.75, 3.05) is 34.0 Å². The maximum Gasteiger partial charge on any atom is 0.0965 e. The van der Waals surface area contributed by atoms with Gasteiger partial charge in [-0.05, 0) is 27.1 Å². The van der Waals surface area contributed by atoms with Gasteiger partial charge in [-0.1, -0.05) is 26.4 Å². The van der Waals surface area contributed by atoms with E-state index < -0.39 is 0 Å². The molecule has 1 radical (unpaired) electrons. The second kappa shape index (κ2) is 11.5. The Morgan fingerprint density at radius 3 is 2.27 bits per heavy atom. The third-order valence-electron chi connectivity index (χ3n) is 2.07. The summed E-state index contributed by atoms with van der Waals surface area (Å²) in [5.74, 6) is 0. The van der Waals surface area contributed by atoms with E-state index in [1.807, 2.05) is 0 Å². The number of hydrogen-bond donors (Lipinski definition) is 0. The Morgan fingerprint density at radius 2 is 1.80 bits per heavy atom. The Balaban J connectivity index is 0. The Labute approximate surface area is 120 Å². The molecule has 4 heteroatoms. The average molecular weight is 290 g/mol. The number of nitrogens with zero attached hydrogens (tertiary/aromatic N) is 2. The van der Waals surface area contributed by atoms with Crippen molar-refractivity contribution in [2.24, 2.45) is 0 Å². The zero-order valence-electron chi connectivity index (χ0n) is 10.7. The summed E-state index contributed by atoms with van der Waals surface area (Å²) in [6, 6.07) is 0. The molecule has 1 atom stereocenters. The Hall–Kier alpha value is 0.984. The molecule has 0 aliphatic rings. The molecule has 0 amide bonds. The van der Waals surface area contributed by atoms with Crippen LogP contribution >= 0.6 is 0 Å². The first-order valence-electron chi connectivity index (χ1n) is 5.41. The molecule has 0 saturated carbocycles. The van der Waals surface area contributed by atoms with E-state index in [-0.39, 0.29) is 38.8 Å². The minimum absolute atomic E-state index is 0. The van der Waals surface area contributed by atoms with E-state index in [2.05, 4.69) is 44.7 Å². The molecule has 0 fully saturated rings. The standard InChI is InChI=1S/C11H25N2O.Y/c1-6-8-12(4)9-13(5)10-14-11(3)7-2;/h11H,3,6-10H2,1-2,4-5H3;/q-1;. The van der Waals surface area contributed by atoms with Crippen molar-refractivity contribution in [1.29, 1.82) is 0 Å². The summed E-state index contributed by atoms with van der Waals surface area (Å²) in [5.41, 5.74) is 0. The second-order valence-electron chi connectivity index (χ2n) is 3.90. The van der Waals surface area contributed by atoms with E-state index in [0.717, 1.165) is 19.6 Å². The van der Waals surface area contributed by atoms with Crippen molar-refractivity contribution in [2.45, 2.75) is 32.8 Å². The van der Waals surface area contributed by atoms with Crippen molar-refractivity contribution in [1.82, 2.24) is 9.80 Å². The predicted molar refractivity (Wildman–Crippen MR) is 60.9 cm³/mol. The number of ether oxygens (including phenoxy) is 1. The average Bonchev–Trinajstić information content (AvgIpc) is 2.14. The zero-order chi connectivity index (χ0) is 11.0. The summed E-state index contributed by atoms with van der Waals surface area (Å²) in [6.07, 6.45) is 2.28. The third-order valence-corrected chi connectivity index (χ3v) is 2.07. The van der Waals surface area contributed by atoms with Gasteiger partial charge in [0.25, 0.3) is 0 Å². The van der Waals surface area contributed by atoms with Crippen molar-refractivity contribution >= 4 is 0 Å². The van der Waals surface area contributed by atoms with Crippen molar-refractivity contribution in [3.05, 3.63) is 6.92 Å². The molecule has 0 aliphatic heterocycles. The van der Waals surface area contributed by atoms with Gasteiger partial charge in [0, 0.05) is 32.7 Å². The van der Waals surface area contributed by atoms with Crippen molar-refractivity contribution in [3.63, 3.8) is 0 Å². The summed E-state index contributed by atoms with van der Waals surface area (Å²) in [6.45, 7) is 10.9. The van der Waals surface area contributed by atoms with Gasteiger partial charge in [-0.3, -0.25) is 9.80 Å². The summed E-state index contributed by atoms with van der Waals surface area (Å²) >= 11 is 0. The van der Waals surface area contributed by atoms with E-state index in [1.165, 1.54) is 6.42 Å². The Bertz CT molecular complexity index is 136. The maximum absolute atomic E-state index is 5.52. The molecule has 0 aromatic carbocycles. The van der Waals surface area contributed by atoms with Crippen LogP contribution in [-0.2, 0) is 37.4 Å². The van der Waals surface area contributed by atoms with Crippen LogP contribution in [-0.4, -0.2) is 49.9 Å². The van der Waals surface area contributed by atoms with E-state index >= 15 is 0 Å². The van der Waals surface area contributed by atoms with Gasteiger partial charge in [0.15, 0.2) is 0 Å². The molecule has 0 aliphatic carbocycles. The van der Waals surface area contributed by atoms with Crippen LogP contribution in [0, 0.1) is 6.92 Å². The molecule has 15 heavy (non-hydrogen) atoms. The second-order valence-corrected chi connectivity index (χ2v) is 3.90. The van der Waals surface area contributed by atoms with Crippen LogP contribution < -0.4 is 0 Å². The van der Waals surface area contributed by atoms with Crippen LogP contribution in [0.3, 0.4) is 0 Å². The SMILES string of the molecule is [CH2-]C(CC)OCN(C)CN(C)CCC.[Y]. The minimum atomic E-state index is 0. The fraction of sp³-hybridized carbons (Fsp3) is 0.909. The fourth-order valence-electron chi connectivity index (χ4n) is 1.26. The molecular formula is C11H25N2OY-. The molecule has 3 nitrogen and oxygen atoms in total. The van der Waals surface area contributed by atoms with Gasteiger partial charge < -0.3 is 11.7 Å². The summed E-state index contributed by atoms with van der Waals surface area (Å²) in [5, 5.41) is 0. The van der Waals surface area contributed by atoms with Gasteiger partial charge in [-0.2, -0.15) is 0 Å². The van der Waals surface area contributed by atoms with E-state index in [4.69, 9.17) is 4.74 Å². The first kappa shape index (κ1) is 18.4. The van der Waals surface area contributed by atoms with E-state index in [1.54, 1.807) is 0 Å². The minimum Gasteiger partial charge on any atom is -0.395 e. The van der Waals surface area contributed by atoms with Gasteiger partial charge in [-0.25, -0.2) is 0 Å². The monoisotopic (exact) mass is 290 g/mol.